The molecule has 1 aromatic carbocycles. The summed E-state index contributed by atoms with van der Waals surface area (Å²) in [6.07, 6.45) is -3.17. The summed E-state index contributed by atoms with van der Waals surface area (Å²) >= 11 is 0. The Kier molecular flexibility index (Phi) is 4.94. The Morgan fingerprint density at radius 3 is 2.56 bits per heavy atom. The number of nitrogens with zero attached hydrogens (tertiary/aromatic N) is 3. The van der Waals surface area contributed by atoms with Crippen LogP contribution in [0.3, 0.4) is 0 Å². The number of non-ortho nitro benzene ring substituents is 1. The molecule has 10 heteroatoms. The van der Waals surface area contributed by atoms with Crippen LogP contribution in [0.15, 0.2) is 29.4 Å². The lowest BCUT2D eigenvalue weighted by Gasteiger charge is -2.37. The van der Waals surface area contributed by atoms with Gasteiger partial charge in [0, 0.05) is 17.8 Å². The molecule has 146 valence electrons. The van der Waals surface area contributed by atoms with Crippen molar-refractivity contribution in [1.29, 1.82) is 0 Å². The van der Waals surface area contributed by atoms with Gasteiger partial charge in [0.1, 0.15) is 0 Å². The highest BCUT2D eigenvalue weighted by Crippen LogP contribution is 2.47. The number of nitro benzene ring substituents is 1. The first-order valence-corrected chi connectivity index (χ1v) is 8.57. The Bertz CT molecular complexity index is 779. The predicted octanol–water partition coefficient (Wildman–Crippen LogP) is 3.17. The Labute approximate surface area is 152 Å². The first kappa shape index (κ1) is 19.3. The summed E-state index contributed by atoms with van der Waals surface area (Å²) in [5, 5.41) is 25.2. The zero-order valence-electron chi connectivity index (χ0n) is 14.3. The lowest BCUT2D eigenvalue weighted by molar-refractivity contribution is -0.384. The molecule has 1 aliphatic carbocycles. The van der Waals surface area contributed by atoms with Gasteiger partial charge in [-0.15, -0.1) is 0 Å². The van der Waals surface area contributed by atoms with Gasteiger partial charge < -0.3 is 5.11 Å². The quantitative estimate of drug-likeness (QED) is 0.639. The number of alkyl halides is 3. The number of aliphatic hydroxyl groups is 1. The van der Waals surface area contributed by atoms with Crippen LogP contribution < -0.4 is 0 Å². The van der Waals surface area contributed by atoms with E-state index in [9.17, 15) is 33.2 Å². The number of carbonyl (C=O) groups is 1. The minimum Gasteiger partial charge on any atom is -0.362 e. The molecule has 2 unspecified atom stereocenters. The van der Waals surface area contributed by atoms with Crippen molar-refractivity contribution in [3.05, 3.63) is 39.9 Å². The second-order valence-corrected chi connectivity index (χ2v) is 6.77. The summed E-state index contributed by atoms with van der Waals surface area (Å²) in [6.45, 7) is 0. The highest BCUT2D eigenvalue weighted by Gasteiger charge is 2.68. The maximum Gasteiger partial charge on any atom is 0.439 e. The fourth-order valence-corrected chi connectivity index (χ4v) is 3.63. The Balaban J connectivity index is 1.88. The van der Waals surface area contributed by atoms with Gasteiger partial charge in [-0.05, 0) is 24.8 Å². The van der Waals surface area contributed by atoms with Crippen molar-refractivity contribution in [3.63, 3.8) is 0 Å². The smallest absolute Gasteiger partial charge is 0.362 e. The Morgan fingerprint density at radius 2 is 1.96 bits per heavy atom. The molecule has 0 aromatic heterocycles. The molecule has 1 saturated carbocycles. The van der Waals surface area contributed by atoms with Crippen LogP contribution in [0.25, 0.3) is 0 Å². The van der Waals surface area contributed by atoms with Crippen molar-refractivity contribution < 1.29 is 28.0 Å². The minimum absolute atomic E-state index is 0.107. The number of carbonyl (C=O) groups excluding carboxylic acids is 1. The highest BCUT2D eigenvalue weighted by atomic mass is 19.4. The molecule has 27 heavy (non-hydrogen) atoms. The van der Waals surface area contributed by atoms with E-state index in [0.717, 1.165) is 6.42 Å². The number of amides is 1. The monoisotopic (exact) mass is 385 g/mol. The molecule has 0 saturated heterocycles. The van der Waals surface area contributed by atoms with Crippen LogP contribution in [0.1, 0.15) is 37.7 Å². The van der Waals surface area contributed by atoms with Gasteiger partial charge in [-0.1, -0.05) is 25.0 Å². The zero-order valence-corrected chi connectivity index (χ0v) is 14.3. The van der Waals surface area contributed by atoms with Crippen molar-refractivity contribution in [1.82, 2.24) is 5.01 Å². The first-order chi connectivity index (χ1) is 12.6. The average Bonchev–Trinajstić information content (AvgIpc) is 2.75. The van der Waals surface area contributed by atoms with E-state index in [1.165, 1.54) is 24.3 Å². The van der Waals surface area contributed by atoms with Crippen molar-refractivity contribution in [2.24, 2.45) is 11.0 Å². The molecule has 1 fully saturated rings. The van der Waals surface area contributed by atoms with Crippen LogP contribution in [0.5, 0.6) is 0 Å². The third-order valence-corrected chi connectivity index (χ3v) is 5.02. The van der Waals surface area contributed by atoms with Crippen LogP contribution in [0, 0.1) is 16.0 Å². The molecule has 3 rings (SSSR count). The summed E-state index contributed by atoms with van der Waals surface area (Å²) < 4.78 is 41.2. The third kappa shape index (κ3) is 3.41. The topological polar surface area (TPSA) is 96.0 Å². The normalized spacial score (nSPS) is 25.6. The van der Waals surface area contributed by atoms with Crippen LogP contribution in [0.4, 0.5) is 18.9 Å². The molecule has 0 spiro atoms. The van der Waals surface area contributed by atoms with E-state index >= 15 is 0 Å². The number of nitro groups is 1. The lowest BCUT2D eigenvalue weighted by Crippen LogP contribution is -2.61. The summed E-state index contributed by atoms with van der Waals surface area (Å²) in [5.74, 6) is -2.27. The van der Waals surface area contributed by atoms with Crippen molar-refractivity contribution in [3.8, 4) is 0 Å². The van der Waals surface area contributed by atoms with E-state index in [4.69, 9.17) is 0 Å². The van der Waals surface area contributed by atoms with Crippen molar-refractivity contribution in [2.75, 3.05) is 0 Å². The summed E-state index contributed by atoms with van der Waals surface area (Å²) in [6, 6.07) is 4.92. The molecule has 1 heterocycles. The third-order valence-electron chi connectivity index (χ3n) is 5.02. The van der Waals surface area contributed by atoms with Crippen LogP contribution >= 0.6 is 0 Å². The fourth-order valence-electron chi connectivity index (χ4n) is 3.63. The molecule has 1 aliphatic heterocycles. The van der Waals surface area contributed by atoms with Gasteiger partial charge in [0.25, 0.3) is 11.4 Å². The van der Waals surface area contributed by atoms with E-state index in [1.807, 2.05) is 0 Å². The van der Waals surface area contributed by atoms with Gasteiger partial charge in [0.05, 0.1) is 17.3 Å². The van der Waals surface area contributed by atoms with Crippen LogP contribution in [-0.2, 0) is 11.2 Å². The first-order valence-electron chi connectivity index (χ1n) is 8.57. The highest BCUT2D eigenvalue weighted by molar-refractivity contribution is 5.93. The summed E-state index contributed by atoms with van der Waals surface area (Å²) in [5.41, 5.74) is -3.06. The molecular weight excluding hydrogens is 367 g/mol. The van der Waals surface area contributed by atoms with E-state index in [2.05, 4.69) is 5.10 Å². The second kappa shape index (κ2) is 6.91. The van der Waals surface area contributed by atoms with E-state index in [-0.39, 0.29) is 22.8 Å². The number of fused-ring (bicyclic) bond motifs is 1. The molecule has 1 N–H and O–H groups in total. The largest absolute Gasteiger partial charge is 0.439 e. The molecule has 2 aliphatic rings. The van der Waals surface area contributed by atoms with Gasteiger partial charge in [-0.25, -0.2) is 0 Å². The number of hydrogen-bond donors (Lipinski definition) is 1. The predicted molar refractivity (Wildman–Crippen MR) is 88.7 cm³/mol. The number of hydrazone groups is 1. The maximum atomic E-state index is 13.7. The van der Waals surface area contributed by atoms with E-state index in [0.29, 0.717) is 24.8 Å². The van der Waals surface area contributed by atoms with Crippen LogP contribution in [0.2, 0.25) is 0 Å². The summed E-state index contributed by atoms with van der Waals surface area (Å²) in [4.78, 5) is 22.6. The number of benzene rings is 1. The summed E-state index contributed by atoms with van der Waals surface area (Å²) in [7, 11) is 0. The Hall–Kier alpha value is -2.49. The number of hydrogen-bond acceptors (Lipinski definition) is 5. The van der Waals surface area contributed by atoms with Gasteiger partial charge in [0.15, 0.2) is 0 Å². The molecule has 1 amide bonds. The molecule has 0 radical (unpaired) electrons. The van der Waals surface area contributed by atoms with Crippen molar-refractivity contribution in [2.45, 2.75) is 50.4 Å². The SMILES string of the molecule is O=C(Cc1ccc([N+](=O)[O-])cc1)N1N=C2CCCCCC2C1(O)C(F)(F)F. The van der Waals surface area contributed by atoms with Gasteiger partial charge >= 0.3 is 6.18 Å². The van der Waals surface area contributed by atoms with Crippen LogP contribution in [-0.4, -0.2) is 38.6 Å². The fraction of sp³-hybridized carbons (Fsp3) is 0.529. The van der Waals surface area contributed by atoms with Gasteiger partial charge in [-0.2, -0.15) is 23.3 Å². The van der Waals surface area contributed by atoms with E-state index in [1.54, 1.807) is 0 Å². The second-order valence-electron chi connectivity index (χ2n) is 6.77. The zero-order chi connectivity index (χ0) is 19.8. The number of halogens is 3. The lowest BCUT2D eigenvalue weighted by atomic mass is 9.87. The molecule has 0 bridgehead atoms. The van der Waals surface area contributed by atoms with E-state index < -0.39 is 35.1 Å². The Morgan fingerprint density at radius 1 is 1.30 bits per heavy atom. The molecule has 2 atom stereocenters. The molecule has 1 aromatic rings. The number of rotatable bonds is 3. The molecule has 7 nitrogen and oxygen atoms in total. The minimum atomic E-state index is -5.06. The van der Waals surface area contributed by atoms with Gasteiger partial charge in [0.2, 0.25) is 5.91 Å². The van der Waals surface area contributed by atoms with Gasteiger partial charge in [-0.3, -0.25) is 14.9 Å². The van der Waals surface area contributed by atoms with Crippen molar-refractivity contribution >= 4 is 17.3 Å². The average molecular weight is 385 g/mol. The molecular formula is C17H18F3N3O4. The maximum absolute atomic E-state index is 13.7. The standard InChI is InChI=1S/C17H18F3N3O4/c18-17(19,20)16(25)13-4-2-1-3-5-14(13)21-22(16)15(24)10-11-6-8-12(9-7-11)23(26)27/h6-9,13,25H,1-5,10H2.